The first-order chi connectivity index (χ1) is 15.8. The van der Waals surface area contributed by atoms with Crippen LogP contribution in [0.3, 0.4) is 0 Å². The van der Waals surface area contributed by atoms with E-state index >= 15 is 0 Å². The molecule has 0 radical (unpaired) electrons. The number of fused-ring (bicyclic) bond motifs is 3. The van der Waals surface area contributed by atoms with Crippen molar-refractivity contribution >= 4 is 27.6 Å². The summed E-state index contributed by atoms with van der Waals surface area (Å²) >= 11 is 0. The molecule has 2 amide bonds. The number of sulfonamides is 1. The number of amides is 2. The van der Waals surface area contributed by atoms with E-state index in [1.165, 1.54) is 9.21 Å². The van der Waals surface area contributed by atoms with Crippen molar-refractivity contribution < 1.29 is 22.8 Å². The van der Waals surface area contributed by atoms with Gasteiger partial charge >= 0.3 is 0 Å². The molecule has 1 aliphatic carbocycles. The molecule has 0 spiro atoms. The van der Waals surface area contributed by atoms with Crippen LogP contribution >= 0.6 is 0 Å². The average molecular weight is 467 g/mol. The number of nitrogens with zero attached hydrogens (tertiary/aromatic N) is 2. The maximum absolute atomic E-state index is 13.8. The van der Waals surface area contributed by atoms with Crippen LogP contribution in [-0.4, -0.2) is 48.3 Å². The highest BCUT2D eigenvalue weighted by Gasteiger charge is 2.63. The zero-order valence-electron chi connectivity index (χ0n) is 18.5. The first kappa shape index (κ1) is 22.0. The van der Waals surface area contributed by atoms with Crippen molar-refractivity contribution in [1.29, 1.82) is 0 Å². The van der Waals surface area contributed by atoms with Gasteiger partial charge in [-0.2, -0.15) is 4.31 Å². The van der Waals surface area contributed by atoms with Gasteiger partial charge in [-0.25, -0.2) is 8.42 Å². The van der Waals surface area contributed by atoms with E-state index in [0.29, 0.717) is 0 Å². The number of aryl methyl sites for hydroxylation is 1. The van der Waals surface area contributed by atoms with E-state index in [1.54, 1.807) is 31.2 Å². The molecule has 5 atom stereocenters. The van der Waals surface area contributed by atoms with Crippen LogP contribution in [0.4, 0.5) is 0 Å². The van der Waals surface area contributed by atoms with E-state index in [-0.39, 0.29) is 42.0 Å². The number of ketones is 1. The third-order valence-corrected chi connectivity index (χ3v) is 9.27. The van der Waals surface area contributed by atoms with Gasteiger partial charge in [-0.3, -0.25) is 19.3 Å². The summed E-state index contributed by atoms with van der Waals surface area (Å²) in [5, 5.41) is 0. The Morgan fingerprint density at radius 3 is 2.21 bits per heavy atom. The van der Waals surface area contributed by atoms with Gasteiger partial charge < -0.3 is 0 Å². The maximum atomic E-state index is 13.8. The first-order valence-electron chi connectivity index (χ1n) is 11.3. The van der Waals surface area contributed by atoms with Crippen molar-refractivity contribution in [2.75, 3.05) is 13.1 Å². The molecule has 3 aliphatic rings. The highest BCUT2D eigenvalue weighted by Crippen LogP contribution is 2.54. The topological polar surface area (TPSA) is 91.8 Å². The Morgan fingerprint density at radius 1 is 0.909 bits per heavy atom. The number of carbonyl (C=O) groups is 3. The molecule has 0 N–H and O–H groups in total. The third-order valence-electron chi connectivity index (χ3n) is 7.41. The van der Waals surface area contributed by atoms with Crippen molar-refractivity contribution in [3.63, 3.8) is 0 Å². The lowest BCUT2D eigenvalue weighted by Gasteiger charge is -2.33. The molecule has 0 aromatic heterocycles. The second-order valence-corrected chi connectivity index (χ2v) is 11.0. The molecular formula is C25H26N2O5S. The predicted octanol–water partition coefficient (Wildman–Crippen LogP) is 2.57. The number of hydrogen-bond donors (Lipinski definition) is 0. The van der Waals surface area contributed by atoms with Crippen LogP contribution in [-0.2, 0) is 24.4 Å². The number of hydrogen-bond acceptors (Lipinski definition) is 5. The summed E-state index contributed by atoms with van der Waals surface area (Å²) in [6, 6.07) is 15.0. The number of likely N-dealkylation sites (tertiary alicyclic amines) is 1. The SMILES string of the molecule is CCN1C(=O)[C@@H]2[C@@H]3CN(S(=O)(=O)c4ccc(C)cc4)[C@@H](c4ccccc4)[C@@H]3C(=O)C[C@@H]2C1=O. The quantitative estimate of drug-likeness (QED) is 0.646. The van der Waals surface area contributed by atoms with Crippen molar-refractivity contribution in [1.82, 2.24) is 9.21 Å². The fourth-order valence-corrected chi connectivity index (χ4v) is 7.56. The number of carbonyl (C=O) groups excluding carboxylic acids is 3. The van der Waals surface area contributed by atoms with Crippen molar-refractivity contribution in [3.05, 3.63) is 65.7 Å². The molecule has 2 heterocycles. The van der Waals surface area contributed by atoms with Gasteiger partial charge in [0.1, 0.15) is 5.78 Å². The molecule has 2 aliphatic heterocycles. The van der Waals surface area contributed by atoms with E-state index in [1.807, 2.05) is 37.3 Å². The van der Waals surface area contributed by atoms with Gasteiger partial charge in [0.15, 0.2) is 0 Å². The minimum atomic E-state index is -3.94. The maximum Gasteiger partial charge on any atom is 0.243 e. The molecule has 1 saturated carbocycles. The molecule has 8 heteroatoms. The fourth-order valence-electron chi connectivity index (χ4n) is 5.89. The third kappa shape index (κ3) is 3.27. The fraction of sp³-hybridized carbons (Fsp3) is 0.400. The minimum Gasteiger partial charge on any atom is -0.299 e. The summed E-state index contributed by atoms with van der Waals surface area (Å²) in [6.07, 6.45) is -0.0192. The predicted molar refractivity (Wildman–Crippen MR) is 120 cm³/mol. The van der Waals surface area contributed by atoms with E-state index in [4.69, 9.17) is 0 Å². The van der Waals surface area contributed by atoms with E-state index in [9.17, 15) is 22.8 Å². The van der Waals surface area contributed by atoms with Crippen LogP contribution in [0.2, 0.25) is 0 Å². The van der Waals surface area contributed by atoms with Gasteiger partial charge in [0.05, 0.1) is 22.8 Å². The molecule has 2 aromatic rings. The van der Waals surface area contributed by atoms with Crippen LogP contribution in [0.1, 0.15) is 30.5 Å². The van der Waals surface area contributed by atoms with Crippen molar-refractivity contribution in [2.24, 2.45) is 23.7 Å². The largest absolute Gasteiger partial charge is 0.299 e. The van der Waals surface area contributed by atoms with Crippen molar-refractivity contribution in [2.45, 2.75) is 31.2 Å². The summed E-state index contributed by atoms with van der Waals surface area (Å²) < 4.78 is 29.0. The zero-order chi connectivity index (χ0) is 23.5. The lowest BCUT2D eigenvalue weighted by atomic mass is 9.66. The van der Waals surface area contributed by atoms with Crippen LogP contribution in [0.5, 0.6) is 0 Å². The van der Waals surface area contributed by atoms with Crippen LogP contribution in [0.25, 0.3) is 0 Å². The smallest absolute Gasteiger partial charge is 0.243 e. The van der Waals surface area contributed by atoms with Crippen LogP contribution < -0.4 is 0 Å². The molecule has 2 aromatic carbocycles. The molecule has 172 valence electrons. The van der Waals surface area contributed by atoms with Crippen LogP contribution in [0.15, 0.2) is 59.5 Å². The Labute approximate surface area is 193 Å². The molecule has 0 bridgehead atoms. The van der Waals surface area contributed by atoms with E-state index < -0.39 is 39.7 Å². The molecule has 3 fully saturated rings. The van der Waals surface area contributed by atoms with Gasteiger partial charge in [0.25, 0.3) is 0 Å². The van der Waals surface area contributed by atoms with Crippen LogP contribution in [0, 0.1) is 30.6 Å². The van der Waals surface area contributed by atoms with Gasteiger partial charge in [0, 0.05) is 25.4 Å². The summed E-state index contributed by atoms with van der Waals surface area (Å²) in [5.41, 5.74) is 1.66. The molecule has 0 unspecified atom stereocenters. The summed E-state index contributed by atoms with van der Waals surface area (Å²) in [4.78, 5) is 40.8. The second-order valence-electron chi connectivity index (χ2n) is 9.16. The number of benzene rings is 2. The first-order valence-corrected chi connectivity index (χ1v) is 12.7. The summed E-state index contributed by atoms with van der Waals surface area (Å²) in [7, 11) is -3.94. The molecular weight excluding hydrogens is 440 g/mol. The van der Waals surface area contributed by atoms with E-state index in [2.05, 4.69) is 0 Å². The number of Topliss-reactive ketones (excluding diaryl/α,β-unsaturated/α-hetero) is 1. The lowest BCUT2D eigenvalue weighted by Crippen LogP contribution is -2.42. The molecule has 5 rings (SSSR count). The number of imide groups is 1. The van der Waals surface area contributed by atoms with Gasteiger partial charge in [-0.15, -0.1) is 0 Å². The standard InChI is InChI=1S/C25H26N2O5S/c1-3-26-24(29)18-13-20(28)22-19(21(18)25(26)30)14-27(23(22)16-7-5-4-6-8-16)33(31,32)17-11-9-15(2)10-12-17/h4-12,18-19,21-23H,3,13-14H2,1-2H3/t18-,19-,21-,22-,23-/m0/s1. The van der Waals surface area contributed by atoms with Gasteiger partial charge in [-0.1, -0.05) is 48.0 Å². The normalized spacial score (nSPS) is 29.9. The number of rotatable bonds is 4. The molecule has 2 saturated heterocycles. The molecule has 33 heavy (non-hydrogen) atoms. The van der Waals surface area contributed by atoms with Gasteiger partial charge in [0.2, 0.25) is 21.8 Å². The Kier molecular flexibility index (Phi) is 5.25. The lowest BCUT2D eigenvalue weighted by molar-refractivity contribution is -0.140. The Morgan fingerprint density at radius 2 is 1.58 bits per heavy atom. The zero-order valence-corrected chi connectivity index (χ0v) is 19.4. The minimum absolute atomic E-state index is 0.0192. The van der Waals surface area contributed by atoms with Gasteiger partial charge in [-0.05, 0) is 37.5 Å². The Balaban J connectivity index is 1.63. The molecule has 7 nitrogen and oxygen atoms in total. The summed E-state index contributed by atoms with van der Waals surface area (Å²) in [6.45, 7) is 3.91. The Bertz CT molecular complexity index is 1230. The van der Waals surface area contributed by atoms with E-state index in [0.717, 1.165) is 11.1 Å². The second kappa shape index (κ2) is 7.88. The monoisotopic (exact) mass is 466 g/mol. The average Bonchev–Trinajstić information content (AvgIpc) is 3.31. The highest BCUT2D eigenvalue weighted by molar-refractivity contribution is 7.89. The highest BCUT2D eigenvalue weighted by atomic mass is 32.2. The Hall–Kier alpha value is -2.84. The van der Waals surface area contributed by atoms with Crippen molar-refractivity contribution in [3.8, 4) is 0 Å². The summed E-state index contributed by atoms with van der Waals surface area (Å²) in [5.74, 6) is -3.28.